The molecule has 1 N–H and O–H groups in total. The molecule has 4 aliphatic carbocycles. The second-order valence-corrected chi connectivity index (χ2v) is 11.1. The van der Waals surface area contributed by atoms with Crippen molar-refractivity contribution in [3.8, 4) is 16.9 Å². The van der Waals surface area contributed by atoms with Gasteiger partial charge >= 0.3 is 0 Å². The first-order chi connectivity index (χ1) is 17.0. The summed E-state index contributed by atoms with van der Waals surface area (Å²) in [5.74, 6) is 2.23. The standard InChI is InChI=1S/C30H32FN3O/c1-20(30-16-21-13-22(17-30)15-23(14-21)18-30)32-28(35)12-9-25-19-34(27-5-3-2-4-6-27)33-29(25)24-7-10-26(31)11-8-24/h2-12,19-23H,13-18H2,1H3,(H,32,35). The van der Waals surface area contributed by atoms with Crippen LogP contribution in [0, 0.1) is 29.0 Å². The van der Waals surface area contributed by atoms with E-state index >= 15 is 0 Å². The minimum absolute atomic E-state index is 0.0641. The fourth-order valence-electron chi connectivity index (χ4n) is 7.34. The van der Waals surface area contributed by atoms with Gasteiger partial charge in [0.25, 0.3) is 0 Å². The van der Waals surface area contributed by atoms with Gasteiger partial charge in [0.05, 0.1) is 11.4 Å². The van der Waals surface area contributed by atoms with Gasteiger partial charge in [-0.1, -0.05) is 18.2 Å². The van der Waals surface area contributed by atoms with Crippen molar-refractivity contribution in [1.29, 1.82) is 0 Å². The van der Waals surface area contributed by atoms with Crippen molar-refractivity contribution in [2.75, 3.05) is 0 Å². The van der Waals surface area contributed by atoms with E-state index in [2.05, 4.69) is 12.2 Å². The molecule has 0 radical (unpaired) electrons. The zero-order valence-electron chi connectivity index (χ0n) is 20.2. The number of nitrogens with zero attached hydrogens (tertiary/aromatic N) is 2. The summed E-state index contributed by atoms with van der Waals surface area (Å²) in [5, 5.41) is 8.07. The molecule has 1 atom stereocenters. The summed E-state index contributed by atoms with van der Waals surface area (Å²) in [5.41, 5.74) is 3.54. The Labute approximate surface area is 206 Å². The number of hydrogen-bond acceptors (Lipinski definition) is 2. The van der Waals surface area contributed by atoms with Crippen LogP contribution in [0.4, 0.5) is 4.39 Å². The van der Waals surface area contributed by atoms with E-state index < -0.39 is 0 Å². The molecule has 3 aromatic rings. The highest BCUT2D eigenvalue weighted by Crippen LogP contribution is 2.61. The average molecular weight is 470 g/mol. The van der Waals surface area contributed by atoms with Gasteiger partial charge in [-0.2, -0.15) is 5.10 Å². The van der Waals surface area contributed by atoms with Crippen LogP contribution < -0.4 is 5.32 Å². The van der Waals surface area contributed by atoms with Crippen molar-refractivity contribution in [3.63, 3.8) is 0 Å². The molecule has 4 bridgehead atoms. The first kappa shape index (κ1) is 22.3. The summed E-state index contributed by atoms with van der Waals surface area (Å²) >= 11 is 0. The number of rotatable bonds is 6. The first-order valence-electron chi connectivity index (χ1n) is 12.9. The summed E-state index contributed by atoms with van der Waals surface area (Å²) in [7, 11) is 0. The van der Waals surface area contributed by atoms with E-state index in [1.54, 1.807) is 22.9 Å². The number of aromatic nitrogens is 2. The lowest BCUT2D eigenvalue weighted by atomic mass is 9.48. The molecular formula is C30H32FN3O. The van der Waals surface area contributed by atoms with Crippen molar-refractivity contribution in [2.24, 2.45) is 23.2 Å². The van der Waals surface area contributed by atoms with E-state index in [0.29, 0.717) is 5.69 Å². The molecule has 4 saturated carbocycles. The number of halogens is 1. The largest absolute Gasteiger partial charge is 0.350 e. The number of hydrogen-bond donors (Lipinski definition) is 1. The fourth-order valence-corrected chi connectivity index (χ4v) is 7.34. The predicted octanol–water partition coefficient (Wildman–Crippen LogP) is 6.41. The van der Waals surface area contributed by atoms with Crippen LogP contribution in [0.15, 0.2) is 66.9 Å². The molecule has 4 fully saturated rings. The van der Waals surface area contributed by atoms with E-state index in [-0.39, 0.29) is 23.2 Å². The molecule has 4 nitrogen and oxygen atoms in total. The zero-order chi connectivity index (χ0) is 24.0. The van der Waals surface area contributed by atoms with Crippen LogP contribution in [-0.4, -0.2) is 21.7 Å². The van der Waals surface area contributed by atoms with Gasteiger partial charge < -0.3 is 5.32 Å². The molecule has 35 heavy (non-hydrogen) atoms. The van der Waals surface area contributed by atoms with E-state index in [4.69, 9.17) is 5.10 Å². The molecular weight excluding hydrogens is 437 g/mol. The lowest BCUT2D eigenvalue weighted by molar-refractivity contribution is -0.121. The summed E-state index contributed by atoms with van der Waals surface area (Å²) < 4.78 is 15.3. The van der Waals surface area contributed by atoms with Crippen LogP contribution in [0.3, 0.4) is 0 Å². The number of amides is 1. The lowest BCUT2D eigenvalue weighted by Gasteiger charge is -2.59. The van der Waals surface area contributed by atoms with Crippen LogP contribution in [0.1, 0.15) is 51.0 Å². The van der Waals surface area contributed by atoms with Crippen LogP contribution in [0.25, 0.3) is 23.0 Å². The average Bonchev–Trinajstić information content (AvgIpc) is 3.27. The van der Waals surface area contributed by atoms with Gasteiger partial charge in [-0.15, -0.1) is 0 Å². The van der Waals surface area contributed by atoms with Gasteiger partial charge in [0.15, 0.2) is 0 Å². The Kier molecular flexibility index (Phi) is 5.58. The van der Waals surface area contributed by atoms with Crippen LogP contribution in [0.2, 0.25) is 0 Å². The molecule has 180 valence electrons. The molecule has 7 rings (SSSR count). The highest BCUT2D eigenvalue weighted by molar-refractivity contribution is 5.93. The van der Waals surface area contributed by atoms with Crippen LogP contribution in [0.5, 0.6) is 0 Å². The lowest BCUT2D eigenvalue weighted by Crippen LogP contribution is -2.55. The van der Waals surface area contributed by atoms with E-state index in [1.807, 2.05) is 42.6 Å². The summed E-state index contributed by atoms with van der Waals surface area (Å²) in [6, 6.07) is 16.3. The number of carbonyl (C=O) groups is 1. The smallest absolute Gasteiger partial charge is 0.244 e. The van der Waals surface area contributed by atoms with Gasteiger partial charge in [0.2, 0.25) is 5.91 Å². The van der Waals surface area contributed by atoms with Crippen molar-refractivity contribution < 1.29 is 9.18 Å². The van der Waals surface area contributed by atoms with Crippen molar-refractivity contribution in [3.05, 3.63) is 78.3 Å². The zero-order valence-corrected chi connectivity index (χ0v) is 20.2. The topological polar surface area (TPSA) is 46.9 Å². The predicted molar refractivity (Wildman–Crippen MR) is 136 cm³/mol. The highest BCUT2D eigenvalue weighted by Gasteiger charge is 2.53. The maximum atomic E-state index is 13.5. The van der Waals surface area contributed by atoms with Gasteiger partial charge in [-0.3, -0.25) is 4.79 Å². The molecule has 0 spiro atoms. The summed E-state index contributed by atoms with van der Waals surface area (Å²) in [6.45, 7) is 2.20. The Morgan fingerprint density at radius 3 is 2.29 bits per heavy atom. The van der Waals surface area contributed by atoms with Gasteiger partial charge in [0, 0.05) is 29.4 Å². The van der Waals surface area contributed by atoms with Gasteiger partial charge in [0.1, 0.15) is 5.82 Å². The first-order valence-corrected chi connectivity index (χ1v) is 12.9. The minimum atomic E-state index is -0.286. The molecule has 2 aromatic carbocycles. The minimum Gasteiger partial charge on any atom is -0.350 e. The third-order valence-corrected chi connectivity index (χ3v) is 8.66. The number of nitrogens with one attached hydrogen (secondary N) is 1. The second-order valence-electron chi connectivity index (χ2n) is 11.1. The molecule has 4 aliphatic rings. The summed E-state index contributed by atoms with van der Waals surface area (Å²) in [6.07, 6.45) is 13.4. The van der Waals surface area contributed by atoms with Crippen molar-refractivity contribution >= 4 is 12.0 Å². The third kappa shape index (κ3) is 4.33. The van der Waals surface area contributed by atoms with Gasteiger partial charge in [-0.05, 0) is 111 Å². The van der Waals surface area contributed by atoms with Crippen molar-refractivity contribution in [2.45, 2.75) is 51.5 Å². The third-order valence-electron chi connectivity index (χ3n) is 8.66. The monoisotopic (exact) mass is 469 g/mol. The quantitative estimate of drug-likeness (QED) is 0.424. The molecule has 1 amide bonds. The highest BCUT2D eigenvalue weighted by atomic mass is 19.1. The molecule has 5 heteroatoms. The van der Waals surface area contributed by atoms with Crippen LogP contribution >= 0.6 is 0 Å². The molecule has 0 aliphatic heterocycles. The molecule has 1 unspecified atom stereocenters. The Bertz CT molecular complexity index is 1210. The van der Waals surface area contributed by atoms with E-state index in [1.165, 1.54) is 50.7 Å². The molecule has 1 heterocycles. The molecule has 1 aromatic heterocycles. The van der Waals surface area contributed by atoms with E-state index in [9.17, 15) is 9.18 Å². The Morgan fingerprint density at radius 1 is 1.03 bits per heavy atom. The Balaban J connectivity index is 1.23. The Hall–Kier alpha value is -3.21. The maximum Gasteiger partial charge on any atom is 0.244 e. The molecule has 0 saturated heterocycles. The Morgan fingerprint density at radius 2 is 1.66 bits per heavy atom. The fraction of sp³-hybridized carbons (Fsp3) is 0.400. The van der Waals surface area contributed by atoms with Crippen molar-refractivity contribution in [1.82, 2.24) is 15.1 Å². The number of carbonyl (C=O) groups excluding carboxylic acids is 1. The number of para-hydroxylation sites is 1. The SMILES string of the molecule is CC(NC(=O)C=Cc1cn(-c2ccccc2)nc1-c1ccc(F)cc1)C12CC3CC(CC(C3)C1)C2. The second kappa shape index (κ2) is 8.78. The normalized spacial score (nSPS) is 27.9. The number of benzene rings is 2. The van der Waals surface area contributed by atoms with Crippen LogP contribution in [-0.2, 0) is 4.79 Å². The van der Waals surface area contributed by atoms with E-state index in [0.717, 1.165) is 34.6 Å². The van der Waals surface area contributed by atoms with Gasteiger partial charge in [-0.25, -0.2) is 9.07 Å². The summed E-state index contributed by atoms with van der Waals surface area (Å²) in [4.78, 5) is 13.0. The maximum absolute atomic E-state index is 13.5.